The van der Waals surface area contributed by atoms with Crippen LogP contribution >= 0.6 is 0 Å². The van der Waals surface area contributed by atoms with Crippen molar-refractivity contribution in [3.63, 3.8) is 0 Å². The zero-order valence-electron chi connectivity index (χ0n) is 7.24. The molecule has 0 bridgehead atoms. The van der Waals surface area contributed by atoms with Gasteiger partial charge in [-0.15, -0.1) is 0 Å². The third-order valence-electron chi connectivity index (χ3n) is 1.27. The van der Waals surface area contributed by atoms with Gasteiger partial charge in [0.2, 0.25) is 5.91 Å². The van der Waals surface area contributed by atoms with Crippen LogP contribution in [0.1, 0.15) is 13.3 Å². The minimum absolute atomic E-state index is 0.391. The number of hydrogen-bond acceptors (Lipinski definition) is 4. The normalized spacial score (nSPS) is 11.4. The Hall–Kier alpha value is -1.61. The quantitative estimate of drug-likeness (QED) is 0.539. The number of hydrogen-bond donors (Lipinski definition) is 2. The molecule has 0 saturated heterocycles. The number of nitrogens with one attached hydrogen (secondary N) is 1. The van der Waals surface area contributed by atoms with E-state index in [1.807, 2.05) is 5.48 Å². The number of amides is 2. The molecule has 0 heterocycles. The smallest absolute Gasteiger partial charge is 0.260 e. The van der Waals surface area contributed by atoms with Crippen LogP contribution in [0.5, 0.6) is 0 Å². The molecule has 13 heavy (non-hydrogen) atoms. The van der Waals surface area contributed by atoms with Gasteiger partial charge >= 0.3 is 0 Å². The molecule has 0 aromatic rings. The monoisotopic (exact) mass is 185 g/mol. The Morgan fingerprint density at radius 3 is 2.69 bits per heavy atom. The van der Waals surface area contributed by atoms with Gasteiger partial charge in [-0.1, -0.05) is 6.92 Å². The van der Waals surface area contributed by atoms with E-state index in [9.17, 15) is 9.59 Å². The molecular formula is C7H11N3O3. The van der Waals surface area contributed by atoms with Crippen molar-refractivity contribution in [3.8, 4) is 6.07 Å². The van der Waals surface area contributed by atoms with Gasteiger partial charge in [0.05, 0.1) is 6.07 Å². The fraction of sp³-hybridized carbons (Fsp3) is 0.571. The Labute approximate surface area is 75.6 Å². The topological polar surface area (TPSA) is 105 Å². The van der Waals surface area contributed by atoms with E-state index in [1.165, 1.54) is 0 Å². The molecule has 0 saturated carbocycles. The van der Waals surface area contributed by atoms with Gasteiger partial charge in [-0.2, -0.15) is 5.26 Å². The number of nitrogens with two attached hydrogens (primary N) is 1. The lowest BCUT2D eigenvalue weighted by Gasteiger charge is -2.06. The molecule has 1 unspecified atom stereocenters. The molecule has 6 nitrogen and oxygen atoms in total. The van der Waals surface area contributed by atoms with Gasteiger partial charge < -0.3 is 5.73 Å². The number of carbonyl (C=O) groups is 2. The Kier molecular flexibility index (Phi) is 5.23. The highest BCUT2D eigenvalue weighted by Crippen LogP contribution is 1.99. The van der Waals surface area contributed by atoms with Crippen LogP contribution in [-0.2, 0) is 14.4 Å². The van der Waals surface area contributed by atoms with Gasteiger partial charge in [0.1, 0.15) is 5.92 Å². The lowest BCUT2D eigenvalue weighted by molar-refractivity contribution is -0.139. The molecule has 72 valence electrons. The lowest BCUT2D eigenvalue weighted by atomic mass is 10.1. The second kappa shape index (κ2) is 5.97. The van der Waals surface area contributed by atoms with E-state index in [0.29, 0.717) is 6.42 Å². The van der Waals surface area contributed by atoms with Gasteiger partial charge in [0.25, 0.3) is 5.91 Å². The number of nitrogens with zero attached hydrogens (tertiary/aromatic N) is 1. The molecule has 0 fully saturated rings. The molecule has 0 aromatic heterocycles. The summed E-state index contributed by atoms with van der Waals surface area (Å²) >= 11 is 0. The molecule has 0 aromatic carbocycles. The summed E-state index contributed by atoms with van der Waals surface area (Å²) in [6.07, 6.45) is 0.391. The molecule has 0 spiro atoms. The first-order valence-electron chi connectivity index (χ1n) is 3.71. The summed E-state index contributed by atoms with van der Waals surface area (Å²) in [7, 11) is 0. The number of primary amides is 1. The number of carbonyl (C=O) groups excluding carboxylic acids is 2. The van der Waals surface area contributed by atoms with Crippen molar-refractivity contribution in [1.82, 2.24) is 5.48 Å². The van der Waals surface area contributed by atoms with Crippen LogP contribution in [-0.4, -0.2) is 18.4 Å². The third kappa shape index (κ3) is 4.76. The second-order valence-electron chi connectivity index (χ2n) is 2.31. The maximum absolute atomic E-state index is 11.0. The predicted molar refractivity (Wildman–Crippen MR) is 42.7 cm³/mol. The standard InChI is InChI=1S/C7H11N3O3/c1-2-5(3-8)7(12)10-13-4-6(9)11/h5H,2,4H2,1H3,(H2,9,11)(H,10,12). The van der Waals surface area contributed by atoms with E-state index in [4.69, 9.17) is 11.0 Å². The van der Waals surface area contributed by atoms with Crippen molar-refractivity contribution in [3.05, 3.63) is 0 Å². The van der Waals surface area contributed by atoms with Gasteiger partial charge in [0.15, 0.2) is 6.61 Å². The molecular weight excluding hydrogens is 174 g/mol. The van der Waals surface area contributed by atoms with Gasteiger partial charge in [-0.25, -0.2) is 5.48 Å². The highest BCUT2D eigenvalue weighted by atomic mass is 16.7. The summed E-state index contributed by atoms with van der Waals surface area (Å²) in [4.78, 5) is 25.6. The molecule has 2 amide bonds. The fourth-order valence-corrected chi connectivity index (χ4v) is 0.585. The highest BCUT2D eigenvalue weighted by molar-refractivity contribution is 5.80. The first kappa shape index (κ1) is 11.4. The number of rotatable bonds is 5. The van der Waals surface area contributed by atoms with Gasteiger partial charge in [0, 0.05) is 0 Å². The van der Waals surface area contributed by atoms with Crippen LogP contribution in [0.2, 0.25) is 0 Å². The fourth-order valence-electron chi connectivity index (χ4n) is 0.585. The summed E-state index contributed by atoms with van der Waals surface area (Å²) in [5, 5.41) is 8.45. The zero-order chi connectivity index (χ0) is 10.3. The van der Waals surface area contributed by atoms with E-state index in [-0.39, 0.29) is 0 Å². The molecule has 0 aliphatic heterocycles. The van der Waals surface area contributed by atoms with Gasteiger partial charge in [-0.3, -0.25) is 14.4 Å². The first-order chi connectivity index (χ1) is 6.11. The van der Waals surface area contributed by atoms with Crippen LogP contribution in [0.4, 0.5) is 0 Å². The molecule has 0 aliphatic rings. The van der Waals surface area contributed by atoms with Crippen LogP contribution in [0.15, 0.2) is 0 Å². The van der Waals surface area contributed by atoms with Crippen LogP contribution in [0, 0.1) is 17.2 Å². The predicted octanol–water partition coefficient (Wildman–Crippen LogP) is -0.931. The molecule has 0 rings (SSSR count). The average molecular weight is 185 g/mol. The van der Waals surface area contributed by atoms with Crippen molar-refractivity contribution in [2.24, 2.45) is 11.7 Å². The number of nitriles is 1. The molecule has 0 aliphatic carbocycles. The summed E-state index contributed by atoms with van der Waals surface area (Å²) in [6.45, 7) is 1.30. The lowest BCUT2D eigenvalue weighted by Crippen LogP contribution is -2.33. The zero-order valence-corrected chi connectivity index (χ0v) is 7.24. The summed E-state index contributed by atoms with van der Waals surface area (Å²) < 4.78 is 0. The van der Waals surface area contributed by atoms with E-state index in [2.05, 4.69) is 4.84 Å². The highest BCUT2D eigenvalue weighted by Gasteiger charge is 2.15. The second-order valence-corrected chi connectivity index (χ2v) is 2.31. The van der Waals surface area contributed by atoms with E-state index in [0.717, 1.165) is 0 Å². The Balaban J connectivity index is 3.75. The maximum Gasteiger partial charge on any atom is 0.260 e. The Morgan fingerprint density at radius 1 is 1.69 bits per heavy atom. The van der Waals surface area contributed by atoms with E-state index in [1.54, 1.807) is 13.0 Å². The van der Waals surface area contributed by atoms with Gasteiger partial charge in [-0.05, 0) is 6.42 Å². The minimum Gasteiger partial charge on any atom is -0.368 e. The Bertz CT molecular complexity index is 234. The maximum atomic E-state index is 11.0. The van der Waals surface area contributed by atoms with E-state index >= 15 is 0 Å². The van der Waals surface area contributed by atoms with Crippen molar-refractivity contribution in [2.75, 3.05) is 6.61 Å². The van der Waals surface area contributed by atoms with Crippen molar-refractivity contribution >= 4 is 11.8 Å². The van der Waals surface area contributed by atoms with Crippen LogP contribution in [0.3, 0.4) is 0 Å². The summed E-state index contributed by atoms with van der Waals surface area (Å²) in [5.74, 6) is -2.01. The average Bonchev–Trinajstić information content (AvgIpc) is 2.05. The van der Waals surface area contributed by atoms with Crippen LogP contribution in [0.25, 0.3) is 0 Å². The largest absolute Gasteiger partial charge is 0.368 e. The molecule has 3 N–H and O–H groups in total. The van der Waals surface area contributed by atoms with E-state index < -0.39 is 24.3 Å². The first-order valence-corrected chi connectivity index (χ1v) is 3.71. The minimum atomic E-state index is -0.757. The van der Waals surface area contributed by atoms with Crippen molar-refractivity contribution in [2.45, 2.75) is 13.3 Å². The molecule has 6 heteroatoms. The SMILES string of the molecule is CCC(C#N)C(=O)NOCC(N)=O. The van der Waals surface area contributed by atoms with Crippen LogP contribution < -0.4 is 11.2 Å². The van der Waals surface area contributed by atoms with Crippen molar-refractivity contribution in [1.29, 1.82) is 5.26 Å². The van der Waals surface area contributed by atoms with Crippen molar-refractivity contribution < 1.29 is 14.4 Å². The molecule has 0 radical (unpaired) electrons. The number of hydroxylamine groups is 1. The third-order valence-corrected chi connectivity index (χ3v) is 1.27. The summed E-state index contributed by atoms with van der Waals surface area (Å²) in [5.41, 5.74) is 6.69. The summed E-state index contributed by atoms with van der Waals surface area (Å²) in [6, 6.07) is 1.78. The Morgan fingerprint density at radius 2 is 2.31 bits per heavy atom. The molecule has 1 atom stereocenters.